The zero-order chi connectivity index (χ0) is 11.5. The molecule has 0 saturated carbocycles. The second kappa shape index (κ2) is 4.39. The van der Waals surface area contributed by atoms with E-state index in [0.717, 1.165) is 12.2 Å². The molecule has 0 aliphatic carbocycles. The number of aryl methyl sites for hydroxylation is 3. The van der Waals surface area contributed by atoms with Gasteiger partial charge in [-0.15, -0.1) is 0 Å². The first kappa shape index (κ1) is 10.7. The second-order valence-corrected chi connectivity index (χ2v) is 4.17. The maximum atomic E-state index is 4.11. The van der Waals surface area contributed by atoms with Gasteiger partial charge in [0.1, 0.15) is 0 Å². The van der Waals surface area contributed by atoms with Crippen LogP contribution in [-0.4, -0.2) is 9.78 Å². The largest absolute Gasteiger partial charge is 0.378 e. The third-order valence-electron chi connectivity index (χ3n) is 2.77. The van der Waals surface area contributed by atoms with Gasteiger partial charge in [-0.2, -0.15) is 5.10 Å². The number of nitrogens with one attached hydrogen (secondary N) is 1. The number of anilines is 1. The van der Waals surface area contributed by atoms with Crippen molar-refractivity contribution in [2.75, 3.05) is 5.32 Å². The monoisotopic (exact) mass is 215 g/mol. The number of hydrogen-bond acceptors (Lipinski definition) is 2. The van der Waals surface area contributed by atoms with Gasteiger partial charge in [0.25, 0.3) is 0 Å². The van der Waals surface area contributed by atoms with E-state index in [4.69, 9.17) is 0 Å². The Bertz CT molecular complexity index is 486. The molecule has 0 unspecified atom stereocenters. The first-order valence-corrected chi connectivity index (χ1v) is 5.44. The van der Waals surface area contributed by atoms with Gasteiger partial charge in [0.2, 0.25) is 0 Å². The lowest BCUT2D eigenvalue weighted by molar-refractivity contribution is 0.768. The van der Waals surface area contributed by atoms with E-state index >= 15 is 0 Å². The smallest absolute Gasteiger partial charge is 0.0729 e. The summed E-state index contributed by atoms with van der Waals surface area (Å²) >= 11 is 0. The number of hydrogen-bond donors (Lipinski definition) is 1. The quantitative estimate of drug-likeness (QED) is 0.853. The van der Waals surface area contributed by atoms with Gasteiger partial charge in [0, 0.05) is 19.8 Å². The second-order valence-electron chi connectivity index (χ2n) is 4.17. The number of nitrogens with zero attached hydrogens (tertiary/aromatic N) is 2. The van der Waals surface area contributed by atoms with E-state index in [2.05, 4.69) is 42.5 Å². The third-order valence-corrected chi connectivity index (χ3v) is 2.77. The van der Waals surface area contributed by atoms with Gasteiger partial charge in [-0.25, -0.2) is 0 Å². The van der Waals surface area contributed by atoms with Crippen molar-refractivity contribution in [2.24, 2.45) is 7.05 Å². The zero-order valence-electron chi connectivity index (χ0n) is 9.99. The van der Waals surface area contributed by atoms with Crippen molar-refractivity contribution >= 4 is 5.69 Å². The van der Waals surface area contributed by atoms with E-state index in [1.54, 1.807) is 4.68 Å². The van der Waals surface area contributed by atoms with Crippen molar-refractivity contribution in [3.63, 3.8) is 0 Å². The standard InChI is InChI=1S/C13H17N3/c1-10-4-5-12(6-11(10)2)7-14-13-8-15-16(3)9-13/h4-6,8-9,14H,7H2,1-3H3. The summed E-state index contributed by atoms with van der Waals surface area (Å²) < 4.78 is 1.79. The van der Waals surface area contributed by atoms with Crippen molar-refractivity contribution in [2.45, 2.75) is 20.4 Å². The summed E-state index contributed by atoms with van der Waals surface area (Å²) in [6, 6.07) is 6.54. The van der Waals surface area contributed by atoms with E-state index < -0.39 is 0 Å². The van der Waals surface area contributed by atoms with Crippen LogP contribution in [0.3, 0.4) is 0 Å². The molecular formula is C13H17N3. The molecule has 1 heterocycles. The predicted octanol–water partition coefficient (Wildman–Crippen LogP) is 2.65. The Morgan fingerprint density at radius 1 is 1.25 bits per heavy atom. The Kier molecular flexibility index (Phi) is 2.95. The molecule has 0 spiro atoms. The summed E-state index contributed by atoms with van der Waals surface area (Å²) in [4.78, 5) is 0. The van der Waals surface area contributed by atoms with Crippen LogP contribution in [0.2, 0.25) is 0 Å². The van der Waals surface area contributed by atoms with Crippen molar-refractivity contribution in [1.29, 1.82) is 0 Å². The first-order valence-electron chi connectivity index (χ1n) is 5.44. The van der Waals surface area contributed by atoms with Crippen molar-refractivity contribution in [3.05, 3.63) is 47.3 Å². The highest BCUT2D eigenvalue weighted by Crippen LogP contribution is 2.12. The van der Waals surface area contributed by atoms with Crippen LogP contribution in [0.15, 0.2) is 30.6 Å². The van der Waals surface area contributed by atoms with Crippen LogP contribution in [0.1, 0.15) is 16.7 Å². The van der Waals surface area contributed by atoms with Gasteiger partial charge in [-0.1, -0.05) is 18.2 Å². The summed E-state index contributed by atoms with van der Waals surface area (Å²) in [5, 5.41) is 7.46. The SMILES string of the molecule is Cc1ccc(CNc2cnn(C)c2)cc1C. The third kappa shape index (κ3) is 2.42. The molecule has 2 rings (SSSR count). The Hall–Kier alpha value is -1.77. The van der Waals surface area contributed by atoms with Crippen LogP contribution < -0.4 is 5.32 Å². The van der Waals surface area contributed by atoms with Gasteiger partial charge in [0.05, 0.1) is 11.9 Å². The number of rotatable bonds is 3. The van der Waals surface area contributed by atoms with Gasteiger partial charge in [-0.05, 0) is 30.5 Å². The maximum Gasteiger partial charge on any atom is 0.0729 e. The average molecular weight is 215 g/mol. The fourth-order valence-corrected chi connectivity index (χ4v) is 1.63. The lowest BCUT2D eigenvalue weighted by Crippen LogP contribution is -1.99. The van der Waals surface area contributed by atoms with E-state index in [1.165, 1.54) is 16.7 Å². The highest BCUT2D eigenvalue weighted by Gasteiger charge is 1.98. The predicted molar refractivity (Wildman–Crippen MR) is 66.5 cm³/mol. The van der Waals surface area contributed by atoms with Crippen LogP contribution in [-0.2, 0) is 13.6 Å². The average Bonchev–Trinajstić information content (AvgIpc) is 2.66. The first-order chi connectivity index (χ1) is 7.65. The molecule has 1 N–H and O–H groups in total. The molecule has 3 heteroatoms. The van der Waals surface area contributed by atoms with Gasteiger partial charge >= 0.3 is 0 Å². The number of aromatic nitrogens is 2. The summed E-state index contributed by atoms with van der Waals surface area (Å²) in [7, 11) is 1.92. The zero-order valence-corrected chi connectivity index (χ0v) is 9.99. The molecule has 1 aromatic heterocycles. The van der Waals surface area contributed by atoms with Crippen molar-refractivity contribution in [3.8, 4) is 0 Å². The summed E-state index contributed by atoms with van der Waals surface area (Å²) in [6.45, 7) is 5.11. The fraction of sp³-hybridized carbons (Fsp3) is 0.308. The minimum absolute atomic E-state index is 0.840. The molecule has 84 valence electrons. The van der Waals surface area contributed by atoms with Gasteiger partial charge in [-0.3, -0.25) is 4.68 Å². The normalized spacial score (nSPS) is 10.4. The minimum atomic E-state index is 0.840. The molecule has 0 radical (unpaired) electrons. The fourth-order valence-electron chi connectivity index (χ4n) is 1.63. The van der Waals surface area contributed by atoms with Gasteiger partial charge < -0.3 is 5.32 Å². The molecule has 16 heavy (non-hydrogen) atoms. The lowest BCUT2D eigenvalue weighted by atomic mass is 10.1. The Morgan fingerprint density at radius 3 is 2.69 bits per heavy atom. The molecule has 0 amide bonds. The molecule has 0 atom stereocenters. The topological polar surface area (TPSA) is 29.9 Å². The Balaban J connectivity index is 2.02. The minimum Gasteiger partial charge on any atom is -0.378 e. The lowest BCUT2D eigenvalue weighted by Gasteiger charge is -2.06. The molecule has 3 nitrogen and oxygen atoms in total. The maximum absolute atomic E-state index is 4.11. The molecule has 0 bridgehead atoms. The molecule has 0 aliphatic rings. The molecule has 0 aliphatic heterocycles. The van der Waals surface area contributed by atoms with E-state index in [9.17, 15) is 0 Å². The van der Waals surface area contributed by atoms with E-state index in [-0.39, 0.29) is 0 Å². The molecule has 0 fully saturated rings. The van der Waals surface area contributed by atoms with Crippen LogP contribution >= 0.6 is 0 Å². The summed E-state index contributed by atoms with van der Waals surface area (Å²) in [5.74, 6) is 0. The Labute approximate surface area is 96.1 Å². The van der Waals surface area contributed by atoms with Gasteiger partial charge in [0.15, 0.2) is 0 Å². The van der Waals surface area contributed by atoms with Crippen LogP contribution in [0, 0.1) is 13.8 Å². The van der Waals surface area contributed by atoms with E-state index in [0.29, 0.717) is 0 Å². The molecule has 0 saturated heterocycles. The van der Waals surface area contributed by atoms with Crippen LogP contribution in [0.5, 0.6) is 0 Å². The van der Waals surface area contributed by atoms with Crippen molar-refractivity contribution in [1.82, 2.24) is 9.78 Å². The van der Waals surface area contributed by atoms with Crippen LogP contribution in [0.25, 0.3) is 0 Å². The Morgan fingerprint density at radius 2 is 2.06 bits per heavy atom. The highest BCUT2D eigenvalue weighted by molar-refractivity contribution is 5.40. The summed E-state index contributed by atoms with van der Waals surface area (Å²) in [6.07, 6.45) is 3.81. The molecular weight excluding hydrogens is 198 g/mol. The van der Waals surface area contributed by atoms with Crippen LogP contribution in [0.4, 0.5) is 5.69 Å². The molecule has 2 aromatic rings. The number of benzene rings is 1. The molecule has 1 aromatic carbocycles. The van der Waals surface area contributed by atoms with Crippen molar-refractivity contribution < 1.29 is 0 Å². The summed E-state index contributed by atoms with van der Waals surface area (Å²) in [5.41, 5.74) is 5.03. The highest BCUT2D eigenvalue weighted by atomic mass is 15.3. The van der Waals surface area contributed by atoms with E-state index in [1.807, 2.05) is 19.4 Å².